The quantitative estimate of drug-likeness (QED) is 0.287. The second-order valence-electron chi connectivity index (χ2n) is 7.93. The summed E-state index contributed by atoms with van der Waals surface area (Å²) in [6, 6.07) is 10.6. The molecule has 1 saturated heterocycles. The average molecular weight is 471 g/mol. The van der Waals surface area contributed by atoms with Gasteiger partial charge in [-0.1, -0.05) is 6.07 Å². The van der Waals surface area contributed by atoms with Gasteiger partial charge in [-0.05, 0) is 60.2 Å². The summed E-state index contributed by atoms with van der Waals surface area (Å²) in [6.07, 6.45) is 6.21. The summed E-state index contributed by atoms with van der Waals surface area (Å²) < 4.78 is 19.6. The minimum Gasteiger partial charge on any atom is -0.438 e. The van der Waals surface area contributed by atoms with E-state index in [4.69, 9.17) is 14.2 Å². The molecule has 8 nitrogen and oxygen atoms in total. The molecule has 0 unspecified atom stereocenters. The Hall–Kier alpha value is -2.59. The van der Waals surface area contributed by atoms with Crippen LogP contribution in [0.15, 0.2) is 47.6 Å². The van der Waals surface area contributed by atoms with E-state index in [0.717, 1.165) is 53.8 Å². The Kier molecular flexibility index (Phi) is 7.87. The Labute approximate surface area is 198 Å². The van der Waals surface area contributed by atoms with Gasteiger partial charge in [0, 0.05) is 56.7 Å². The molecule has 0 bridgehead atoms. The molecule has 1 aromatic carbocycles. The number of anilines is 1. The maximum Gasteiger partial charge on any atom is 0.312 e. The maximum atomic E-state index is 12.1. The van der Waals surface area contributed by atoms with Crippen LogP contribution in [0.3, 0.4) is 0 Å². The topological polar surface area (TPSA) is 77.3 Å². The summed E-state index contributed by atoms with van der Waals surface area (Å²) >= 11 is 1.79. The third kappa shape index (κ3) is 5.67. The number of nitrogens with zero attached hydrogens (tertiary/aromatic N) is 3. The van der Waals surface area contributed by atoms with Crippen molar-refractivity contribution >= 4 is 29.1 Å². The van der Waals surface area contributed by atoms with Gasteiger partial charge < -0.3 is 19.5 Å². The third-order valence-corrected chi connectivity index (χ3v) is 6.97. The van der Waals surface area contributed by atoms with Crippen LogP contribution in [0.4, 0.5) is 5.69 Å². The molecule has 4 rings (SSSR count). The van der Waals surface area contributed by atoms with Crippen molar-refractivity contribution in [3.8, 4) is 11.1 Å². The molecule has 2 aromatic heterocycles. The normalized spacial score (nSPS) is 15.1. The van der Waals surface area contributed by atoms with E-state index in [2.05, 4.69) is 45.1 Å². The number of fused-ring (bicyclic) bond motifs is 1. The molecule has 0 radical (unpaired) electrons. The third-order valence-electron chi connectivity index (χ3n) is 5.82. The smallest absolute Gasteiger partial charge is 0.312 e. The van der Waals surface area contributed by atoms with E-state index in [9.17, 15) is 4.79 Å². The molecule has 1 fully saturated rings. The number of esters is 1. The van der Waals surface area contributed by atoms with Gasteiger partial charge in [-0.2, -0.15) is 5.10 Å². The van der Waals surface area contributed by atoms with Gasteiger partial charge in [0.25, 0.3) is 0 Å². The molecule has 3 aromatic rings. The van der Waals surface area contributed by atoms with E-state index in [1.807, 2.05) is 13.2 Å². The van der Waals surface area contributed by atoms with Crippen LogP contribution >= 0.6 is 11.9 Å². The van der Waals surface area contributed by atoms with Gasteiger partial charge in [0.1, 0.15) is 0 Å². The van der Waals surface area contributed by atoms with E-state index in [0.29, 0.717) is 6.10 Å². The summed E-state index contributed by atoms with van der Waals surface area (Å²) in [6.45, 7) is 1.92. The molecule has 0 amide bonds. The second-order valence-corrected chi connectivity index (χ2v) is 9.07. The van der Waals surface area contributed by atoms with Crippen LogP contribution < -0.4 is 5.32 Å². The number of carbonyl (C=O) groups is 1. The summed E-state index contributed by atoms with van der Waals surface area (Å²) in [5, 5.41) is 7.63. The van der Waals surface area contributed by atoms with E-state index in [1.54, 1.807) is 29.8 Å². The van der Waals surface area contributed by atoms with Gasteiger partial charge in [0.15, 0.2) is 6.79 Å². The molecule has 1 N–H and O–H groups in total. The van der Waals surface area contributed by atoms with Crippen LogP contribution in [0.1, 0.15) is 18.4 Å². The first-order valence-corrected chi connectivity index (χ1v) is 11.8. The second kappa shape index (κ2) is 11.0. The molecule has 33 heavy (non-hydrogen) atoms. The SMILES string of the molecule is CNc1ccc(-c2ccn3ncc(CC(=O)OCOC)c3c2)c(SN2CCC(OC)CC2)c1. The summed E-state index contributed by atoms with van der Waals surface area (Å²) in [7, 11) is 5.21. The molecule has 1 aliphatic rings. The van der Waals surface area contributed by atoms with E-state index < -0.39 is 0 Å². The minimum absolute atomic E-state index is 0.0523. The van der Waals surface area contributed by atoms with Gasteiger partial charge >= 0.3 is 5.97 Å². The fourth-order valence-electron chi connectivity index (χ4n) is 3.96. The fourth-order valence-corrected chi connectivity index (χ4v) is 5.09. The highest BCUT2D eigenvalue weighted by molar-refractivity contribution is 7.97. The highest BCUT2D eigenvalue weighted by atomic mass is 32.2. The van der Waals surface area contributed by atoms with Crippen LogP contribution in [0.5, 0.6) is 0 Å². The number of hydrogen-bond acceptors (Lipinski definition) is 8. The van der Waals surface area contributed by atoms with Crippen LogP contribution in [0.2, 0.25) is 0 Å². The number of piperidine rings is 1. The van der Waals surface area contributed by atoms with Gasteiger partial charge in [-0.25, -0.2) is 8.82 Å². The number of hydrogen-bond donors (Lipinski definition) is 1. The van der Waals surface area contributed by atoms with Crippen LogP contribution in [0.25, 0.3) is 16.6 Å². The highest BCUT2D eigenvalue weighted by Gasteiger charge is 2.21. The van der Waals surface area contributed by atoms with E-state index >= 15 is 0 Å². The van der Waals surface area contributed by atoms with Gasteiger partial charge in [0.05, 0.1) is 24.2 Å². The van der Waals surface area contributed by atoms with Crippen molar-refractivity contribution in [3.63, 3.8) is 0 Å². The Morgan fingerprint density at radius 2 is 2.03 bits per heavy atom. The predicted molar refractivity (Wildman–Crippen MR) is 129 cm³/mol. The molecule has 9 heteroatoms. The number of nitrogens with one attached hydrogen (secondary N) is 1. The van der Waals surface area contributed by atoms with Crippen molar-refractivity contribution in [3.05, 3.63) is 48.3 Å². The molecule has 0 atom stereocenters. The largest absolute Gasteiger partial charge is 0.438 e. The number of methoxy groups -OCH3 is 2. The Bertz CT molecular complexity index is 1100. The Morgan fingerprint density at radius 1 is 1.21 bits per heavy atom. The first-order valence-electron chi connectivity index (χ1n) is 11.0. The predicted octanol–water partition coefficient (Wildman–Crippen LogP) is 3.85. The van der Waals surface area contributed by atoms with Crippen molar-refractivity contribution in [2.75, 3.05) is 46.5 Å². The zero-order chi connectivity index (χ0) is 23.2. The highest BCUT2D eigenvalue weighted by Crippen LogP contribution is 2.37. The van der Waals surface area contributed by atoms with Crippen molar-refractivity contribution in [1.29, 1.82) is 0 Å². The lowest BCUT2D eigenvalue weighted by atomic mass is 10.0. The van der Waals surface area contributed by atoms with Crippen molar-refractivity contribution in [1.82, 2.24) is 13.9 Å². The average Bonchev–Trinajstić information content (AvgIpc) is 3.25. The number of benzene rings is 1. The molecule has 0 aliphatic carbocycles. The first kappa shape index (κ1) is 23.6. The lowest BCUT2D eigenvalue weighted by Gasteiger charge is -2.30. The molecular formula is C24H30N4O4S. The number of rotatable bonds is 9. The van der Waals surface area contributed by atoms with Crippen LogP contribution in [0, 0.1) is 0 Å². The molecule has 3 heterocycles. The van der Waals surface area contributed by atoms with E-state index in [1.165, 1.54) is 12.0 Å². The van der Waals surface area contributed by atoms with E-state index in [-0.39, 0.29) is 19.2 Å². The molecule has 176 valence electrons. The van der Waals surface area contributed by atoms with Crippen molar-refractivity contribution < 1.29 is 19.0 Å². The fraction of sp³-hybridized carbons (Fsp3) is 0.417. The summed E-state index contributed by atoms with van der Waals surface area (Å²) in [5.41, 5.74) is 4.99. The van der Waals surface area contributed by atoms with Gasteiger partial charge in [-0.3, -0.25) is 4.79 Å². The number of carbonyl (C=O) groups excluding carboxylic acids is 1. The van der Waals surface area contributed by atoms with Crippen molar-refractivity contribution in [2.24, 2.45) is 0 Å². The Morgan fingerprint density at radius 3 is 2.76 bits per heavy atom. The van der Waals surface area contributed by atoms with Crippen molar-refractivity contribution in [2.45, 2.75) is 30.3 Å². The standard InChI is InChI=1S/C24H30N4O4S/c1-25-19-4-5-21(23(14-19)33-27-9-7-20(31-3)8-10-27)17-6-11-28-22(12-17)18(15-26-28)13-24(29)32-16-30-2/h4-6,11-12,14-15,20,25H,7-10,13,16H2,1-3H3. The monoisotopic (exact) mass is 470 g/mol. The molecule has 0 spiro atoms. The zero-order valence-corrected chi connectivity index (χ0v) is 20.1. The van der Waals surface area contributed by atoms with Crippen LogP contribution in [-0.4, -0.2) is 67.1 Å². The maximum absolute atomic E-state index is 12.1. The molecule has 1 aliphatic heterocycles. The number of pyridine rings is 1. The summed E-state index contributed by atoms with van der Waals surface area (Å²) in [4.78, 5) is 13.3. The van der Waals surface area contributed by atoms with Gasteiger partial charge in [-0.15, -0.1) is 0 Å². The molecular weight excluding hydrogens is 440 g/mol. The number of ether oxygens (including phenoxy) is 3. The summed E-state index contributed by atoms with van der Waals surface area (Å²) in [5.74, 6) is -0.341. The molecule has 0 saturated carbocycles. The zero-order valence-electron chi connectivity index (χ0n) is 19.2. The number of aromatic nitrogens is 2. The lowest BCUT2D eigenvalue weighted by molar-refractivity contribution is -0.153. The van der Waals surface area contributed by atoms with Gasteiger partial charge in [0.2, 0.25) is 0 Å². The lowest BCUT2D eigenvalue weighted by Crippen LogP contribution is -2.32. The van der Waals surface area contributed by atoms with Crippen LogP contribution in [-0.2, 0) is 25.4 Å². The Balaban J connectivity index is 1.61. The minimum atomic E-state index is -0.341. The first-order chi connectivity index (χ1) is 16.1.